The molecule has 0 aromatic carbocycles. The Bertz CT molecular complexity index is 726. The first-order valence-corrected chi connectivity index (χ1v) is 9.83. The second-order valence-corrected chi connectivity index (χ2v) is 7.59. The minimum absolute atomic E-state index is 0.105. The number of amides is 2. The predicted molar refractivity (Wildman–Crippen MR) is 95.3 cm³/mol. The third-order valence-corrected chi connectivity index (χ3v) is 5.96. The Morgan fingerprint density at radius 2 is 2.04 bits per heavy atom. The van der Waals surface area contributed by atoms with E-state index in [1.165, 1.54) is 11.8 Å². The van der Waals surface area contributed by atoms with Gasteiger partial charge in [0.1, 0.15) is 0 Å². The van der Waals surface area contributed by atoms with Gasteiger partial charge in [0, 0.05) is 19.6 Å². The molecule has 2 fully saturated rings. The summed E-state index contributed by atoms with van der Waals surface area (Å²) >= 11 is 1.68. The van der Waals surface area contributed by atoms with Gasteiger partial charge in [-0.15, -0.1) is 0 Å². The van der Waals surface area contributed by atoms with Gasteiger partial charge in [0.2, 0.25) is 5.91 Å². The highest BCUT2D eigenvalue weighted by Crippen LogP contribution is 2.35. The van der Waals surface area contributed by atoms with Crippen LogP contribution >= 0.6 is 11.3 Å². The van der Waals surface area contributed by atoms with E-state index in [2.05, 4.69) is 16.8 Å². The minimum Gasteiger partial charge on any atom is -0.459 e. The van der Waals surface area contributed by atoms with Crippen LogP contribution in [0.2, 0.25) is 0 Å². The number of hydrogen-bond acceptors (Lipinski definition) is 4. The van der Waals surface area contributed by atoms with Crippen molar-refractivity contribution in [3.8, 4) is 0 Å². The molecule has 6 heteroatoms. The van der Waals surface area contributed by atoms with E-state index >= 15 is 0 Å². The molecule has 2 aromatic rings. The molecule has 0 spiro atoms. The fourth-order valence-corrected chi connectivity index (χ4v) is 4.70. The monoisotopic (exact) mass is 358 g/mol. The fourth-order valence-electron chi connectivity index (χ4n) is 4.00. The maximum absolute atomic E-state index is 13.1. The topological polar surface area (TPSA) is 53.8 Å². The van der Waals surface area contributed by atoms with E-state index in [1.807, 2.05) is 4.90 Å². The van der Waals surface area contributed by atoms with Crippen molar-refractivity contribution in [3.05, 3.63) is 46.5 Å². The van der Waals surface area contributed by atoms with Crippen molar-refractivity contribution in [2.75, 3.05) is 19.6 Å². The maximum Gasteiger partial charge on any atom is 0.289 e. The number of likely N-dealkylation sites (tertiary alicyclic amines) is 2. The second kappa shape index (κ2) is 7.04. The van der Waals surface area contributed by atoms with E-state index in [4.69, 9.17) is 4.42 Å². The summed E-state index contributed by atoms with van der Waals surface area (Å²) in [5, 5.41) is 4.21. The van der Waals surface area contributed by atoms with Gasteiger partial charge in [0.05, 0.1) is 18.2 Å². The highest BCUT2D eigenvalue weighted by molar-refractivity contribution is 7.08. The molecule has 2 atom stereocenters. The van der Waals surface area contributed by atoms with Crippen LogP contribution in [0.1, 0.15) is 47.8 Å². The number of furan rings is 1. The van der Waals surface area contributed by atoms with Crippen molar-refractivity contribution in [1.82, 2.24) is 9.80 Å². The Hall–Kier alpha value is -2.08. The van der Waals surface area contributed by atoms with Crippen LogP contribution in [-0.2, 0) is 4.79 Å². The molecule has 0 radical (unpaired) electrons. The van der Waals surface area contributed by atoms with Crippen LogP contribution in [0.4, 0.5) is 0 Å². The molecule has 4 heterocycles. The Morgan fingerprint density at radius 1 is 1.16 bits per heavy atom. The molecular weight excluding hydrogens is 336 g/mol. The number of nitrogens with zero attached hydrogens (tertiary/aromatic N) is 2. The Labute approximate surface area is 151 Å². The van der Waals surface area contributed by atoms with Gasteiger partial charge in [-0.3, -0.25) is 9.59 Å². The summed E-state index contributed by atoms with van der Waals surface area (Å²) in [7, 11) is 0. The van der Waals surface area contributed by atoms with E-state index in [0.29, 0.717) is 18.8 Å². The van der Waals surface area contributed by atoms with Gasteiger partial charge < -0.3 is 14.2 Å². The van der Waals surface area contributed by atoms with E-state index in [9.17, 15) is 9.59 Å². The van der Waals surface area contributed by atoms with Crippen molar-refractivity contribution in [3.63, 3.8) is 0 Å². The first-order valence-electron chi connectivity index (χ1n) is 8.89. The first kappa shape index (κ1) is 16.4. The van der Waals surface area contributed by atoms with E-state index < -0.39 is 0 Å². The summed E-state index contributed by atoms with van der Waals surface area (Å²) in [6, 6.07) is 5.72. The standard InChI is InChI=1S/C19H22N2O3S/c22-18(21-9-2-5-16(21)15-7-11-25-13-15)14-4-1-8-20(12-14)19(23)17-6-3-10-24-17/h3,6-7,10-11,13-14,16H,1-2,4-5,8-9,12H2/t14-,16-/m0/s1. The molecule has 0 bridgehead atoms. The molecule has 4 rings (SSSR count). The zero-order chi connectivity index (χ0) is 17.2. The minimum atomic E-state index is -0.113. The van der Waals surface area contributed by atoms with E-state index in [-0.39, 0.29) is 23.8 Å². The molecule has 25 heavy (non-hydrogen) atoms. The normalized spacial score (nSPS) is 23.8. The molecular formula is C19H22N2O3S. The second-order valence-electron chi connectivity index (χ2n) is 6.81. The molecule has 0 saturated carbocycles. The number of rotatable bonds is 3. The molecule has 5 nitrogen and oxygen atoms in total. The maximum atomic E-state index is 13.1. The largest absolute Gasteiger partial charge is 0.459 e. The number of carbonyl (C=O) groups is 2. The molecule has 132 valence electrons. The lowest BCUT2D eigenvalue weighted by Crippen LogP contribution is -2.46. The third-order valence-electron chi connectivity index (χ3n) is 5.25. The molecule has 2 aliphatic heterocycles. The number of hydrogen-bond donors (Lipinski definition) is 0. The molecule has 2 aromatic heterocycles. The van der Waals surface area contributed by atoms with Crippen molar-refractivity contribution in [2.45, 2.75) is 31.7 Å². The Balaban J connectivity index is 1.45. The quantitative estimate of drug-likeness (QED) is 0.843. The molecule has 2 saturated heterocycles. The smallest absolute Gasteiger partial charge is 0.289 e. The van der Waals surface area contributed by atoms with Crippen LogP contribution in [-0.4, -0.2) is 41.2 Å². The zero-order valence-corrected chi connectivity index (χ0v) is 14.9. The summed E-state index contributed by atoms with van der Waals surface area (Å²) in [5.74, 6) is 0.335. The van der Waals surface area contributed by atoms with Crippen LogP contribution in [0.3, 0.4) is 0 Å². The summed E-state index contributed by atoms with van der Waals surface area (Å²) in [4.78, 5) is 29.4. The van der Waals surface area contributed by atoms with E-state index in [0.717, 1.165) is 32.2 Å². The number of thiophene rings is 1. The van der Waals surface area contributed by atoms with Gasteiger partial charge in [-0.25, -0.2) is 0 Å². The van der Waals surface area contributed by atoms with Crippen molar-refractivity contribution < 1.29 is 14.0 Å². The highest BCUT2D eigenvalue weighted by atomic mass is 32.1. The lowest BCUT2D eigenvalue weighted by atomic mass is 9.95. The fraction of sp³-hybridized carbons (Fsp3) is 0.474. The van der Waals surface area contributed by atoms with E-state index in [1.54, 1.807) is 28.4 Å². The van der Waals surface area contributed by atoms with Crippen LogP contribution in [0.5, 0.6) is 0 Å². The van der Waals surface area contributed by atoms with Crippen LogP contribution < -0.4 is 0 Å². The summed E-state index contributed by atoms with van der Waals surface area (Å²) in [5.41, 5.74) is 1.25. The SMILES string of the molecule is O=C(c1ccco1)N1CCC[C@H](C(=O)N2CCC[C@H]2c2ccsc2)C1. The zero-order valence-electron chi connectivity index (χ0n) is 14.1. The van der Waals surface area contributed by atoms with Gasteiger partial charge in [0.15, 0.2) is 5.76 Å². The summed E-state index contributed by atoms with van der Waals surface area (Å²) < 4.78 is 5.22. The van der Waals surface area contributed by atoms with Gasteiger partial charge in [-0.1, -0.05) is 0 Å². The van der Waals surface area contributed by atoms with Crippen LogP contribution in [0.25, 0.3) is 0 Å². The van der Waals surface area contributed by atoms with Gasteiger partial charge in [-0.05, 0) is 60.2 Å². The average Bonchev–Trinajstić information content (AvgIpc) is 3.42. The lowest BCUT2D eigenvalue weighted by molar-refractivity contribution is -0.138. The van der Waals surface area contributed by atoms with Crippen molar-refractivity contribution in [2.24, 2.45) is 5.92 Å². The average molecular weight is 358 g/mol. The van der Waals surface area contributed by atoms with Crippen molar-refractivity contribution >= 4 is 23.2 Å². The predicted octanol–water partition coefficient (Wildman–Crippen LogP) is 3.56. The van der Waals surface area contributed by atoms with Crippen molar-refractivity contribution in [1.29, 1.82) is 0 Å². The van der Waals surface area contributed by atoms with Gasteiger partial charge >= 0.3 is 0 Å². The first-order chi connectivity index (χ1) is 12.2. The molecule has 2 amide bonds. The Kier molecular flexibility index (Phi) is 4.61. The number of carbonyl (C=O) groups excluding carboxylic acids is 2. The Morgan fingerprint density at radius 3 is 2.80 bits per heavy atom. The van der Waals surface area contributed by atoms with Crippen LogP contribution in [0.15, 0.2) is 39.6 Å². The highest BCUT2D eigenvalue weighted by Gasteiger charge is 2.37. The third kappa shape index (κ3) is 3.23. The summed E-state index contributed by atoms with van der Waals surface area (Å²) in [6.45, 7) is 2.00. The molecule has 2 aliphatic rings. The molecule has 0 N–H and O–H groups in total. The number of piperidine rings is 1. The van der Waals surface area contributed by atoms with Gasteiger partial charge in [-0.2, -0.15) is 11.3 Å². The summed E-state index contributed by atoms with van der Waals surface area (Å²) in [6.07, 6.45) is 5.31. The lowest BCUT2D eigenvalue weighted by Gasteiger charge is -2.35. The molecule has 0 aliphatic carbocycles. The molecule has 0 unspecified atom stereocenters. The van der Waals surface area contributed by atoms with Crippen LogP contribution in [0, 0.1) is 5.92 Å². The van der Waals surface area contributed by atoms with Gasteiger partial charge in [0.25, 0.3) is 5.91 Å².